The molecule has 0 aromatic carbocycles. The van der Waals surface area contributed by atoms with Gasteiger partial charge < -0.3 is 5.11 Å². The van der Waals surface area contributed by atoms with Crippen LogP contribution in [0.5, 0.6) is 0 Å². The van der Waals surface area contributed by atoms with Crippen LogP contribution in [-0.2, 0) is 9.59 Å². The fourth-order valence-electron chi connectivity index (χ4n) is 4.49. The number of ketones is 2. The maximum Gasteiger partial charge on any atom is 0.416 e. The summed E-state index contributed by atoms with van der Waals surface area (Å²) in [6, 6.07) is 0. The minimum absolute atomic E-state index is 0. The van der Waals surface area contributed by atoms with E-state index in [0.29, 0.717) is 25.7 Å². The summed E-state index contributed by atoms with van der Waals surface area (Å²) in [6.45, 7) is 22.5. The average Bonchev–Trinajstić information content (AvgIpc) is 2.57. The van der Waals surface area contributed by atoms with Crippen molar-refractivity contribution in [3.05, 3.63) is 0 Å². The highest BCUT2D eigenvalue weighted by atomic mass is 19.4. The molecule has 218 valence electrons. The average molecular weight is 525 g/mol. The standard InChI is InChI=1S/C28H51F3O3.2CH4/c1-13-26(11,18-24(7,8)22(33)17-25(9,10)23(4,5)6)21(32)15-20(14-19(2)3)16-27(12,34)28(29,30)31;;/h19-20,34H,13-18H2,1-12H3;2*1H4. The second-order valence-corrected chi connectivity index (χ2v) is 13.8. The largest absolute Gasteiger partial charge is 0.416 e. The third-order valence-corrected chi connectivity index (χ3v) is 8.25. The van der Waals surface area contributed by atoms with Crippen LogP contribution in [0.15, 0.2) is 0 Å². The van der Waals surface area contributed by atoms with Crippen LogP contribution in [0.25, 0.3) is 0 Å². The van der Waals surface area contributed by atoms with Gasteiger partial charge >= 0.3 is 6.18 Å². The van der Waals surface area contributed by atoms with Gasteiger partial charge in [-0.1, -0.05) is 91.0 Å². The van der Waals surface area contributed by atoms with Crippen molar-refractivity contribution in [3.63, 3.8) is 0 Å². The predicted molar refractivity (Wildman–Crippen MR) is 147 cm³/mol. The summed E-state index contributed by atoms with van der Waals surface area (Å²) in [5, 5.41) is 10.1. The maximum atomic E-state index is 13.5. The molecule has 0 aliphatic heterocycles. The first-order valence-electron chi connectivity index (χ1n) is 12.7. The van der Waals surface area contributed by atoms with Gasteiger partial charge in [0.25, 0.3) is 0 Å². The van der Waals surface area contributed by atoms with E-state index in [-0.39, 0.29) is 49.6 Å². The quantitative estimate of drug-likeness (QED) is 0.261. The number of carbonyl (C=O) groups excluding carboxylic acids is 2. The van der Waals surface area contributed by atoms with E-state index in [1.54, 1.807) is 0 Å². The molecule has 0 heterocycles. The van der Waals surface area contributed by atoms with Gasteiger partial charge in [-0.05, 0) is 55.3 Å². The van der Waals surface area contributed by atoms with E-state index in [1.807, 2.05) is 41.5 Å². The van der Waals surface area contributed by atoms with Crippen LogP contribution in [0.3, 0.4) is 0 Å². The van der Waals surface area contributed by atoms with Crippen LogP contribution in [0.4, 0.5) is 13.2 Å². The zero-order chi connectivity index (χ0) is 27.6. The number of hydrogen-bond acceptors (Lipinski definition) is 3. The van der Waals surface area contributed by atoms with Crippen LogP contribution in [0.2, 0.25) is 0 Å². The number of carbonyl (C=O) groups is 2. The molecule has 0 aliphatic rings. The highest BCUT2D eigenvalue weighted by Crippen LogP contribution is 2.46. The van der Waals surface area contributed by atoms with Crippen molar-refractivity contribution < 1.29 is 27.9 Å². The molecule has 36 heavy (non-hydrogen) atoms. The van der Waals surface area contributed by atoms with Crippen LogP contribution < -0.4 is 0 Å². The summed E-state index contributed by atoms with van der Waals surface area (Å²) >= 11 is 0. The molecule has 0 amide bonds. The van der Waals surface area contributed by atoms with Crippen molar-refractivity contribution in [2.24, 2.45) is 33.5 Å². The van der Waals surface area contributed by atoms with Gasteiger partial charge in [0.2, 0.25) is 0 Å². The first-order valence-corrected chi connectivity index (χ1v) is 12.7. The molecule has 1 N–H and O–H groups in total. The smallest absolute Gasteiger partial charge is 0.381 e. The molecule has 0 saturated heterocycles. The summed E-state index contributed by atoms with van der Waals surface area (Å²) in [6.07, 6.45) is -3.65. The molecule has 3 nitrogen and oxygen atoms in total. The number of halogens is 3. The number of hydrogen-bond donors (Lipinski definition) is 1. The number of Topliss-reactive ketones (excluding diaryl/α,β-unsaturated/α-hetero) is 2. The lowest BCUT2D eigenvalue weighted by Crippen LogP contribution is -2.45. The second kappa shape index (κ2) is 13.2. The van der Waals surface area contributed by atoms with E-state index in [4.69, 9.17) is 0 Å². The van der Waals surface area contributed by atoms with Crippen LogP contribution >= 0.6 is 0 Å². The Labute approximate surface area is 221 Å². The first-order chi connectivity index (χ1) is 14.8. The van der Waals surface area contributed by atoms with E-state index in [0.717, 1.165) is 6.92 Å². The Bertz CT molecular complexity index is 697. The summed E-state index contributed by atoms with van der Waals surface area (Å²) in [7, 11) is 0. The third-order valence-electron chi connectivity index (χ3n) is 8.25. The number of aliphatic hydroxyl groups is 1. The summed E-state index contributed by atoms with van der Waals surface area (Å²) in [5.41, 5.74) is -4.71. The molecule has 0 aliphatic carbocycles. The van der Waals surface area contributed by atoms with E-state index in [1.165, 1.54) is 0 Å². The van der Waals surface area contributed by atoms with Gasteiger partial charge in [0.05, 0.1) is 0 Å². The molecular formula is C30H59F3O3. The zero-order valence-electron chi connectivity index (χ0n) is 23.8. The van der Waals surface area contributed by atoms with Crippen molar-refractivity contribution in [3.8, 4) is 0 Å². The van der Waals surface area contributed by atoms with Crippen LogP contribution in [0.1, 0.15) is 136 Å². The highest BCUT2D eigenvalue weighted by Gasteiger charge is 2.51. The molecule has 3 atom stereocenters. The predicted octanol–water partition coefficient (Wildman–Crippen LogP) is 9.45. The molecule has 6 heteroatoms. The molecular weight excluding hydrogens is 465 g/mol. The molecule has 3 unspecified atom stereocenters. The number of rotatable bonds is 13. The van der Waals surface area contributed by atoms with Crippen molar-refractivity contribution in [2.75, 3.05) is 0 Å². The van der Waals surface area contributed by atoms with Gasteiger partial charge in [-0.15, -0.1) is 0 Å². The van der Waals surface area contributed by atoms with Crippen LogP contribution in [0, 0.1) is 33.5 Å². The van der Waals surface area contributed by atoms with E-state index in [2.05, 4.69) is 34.6 Å². The third kappa shape index (κ3) is 10.8. The summed E-state index contributed by atoms with van der Waals surface area (Å²) in [4.78, 5) is 26.8. The van der Waals surface area contributed by atoms with Gasteiger partial charge in [0, 0.05) is 23.7 Å². The Kier molecular flexibility index (Phi) is 14.6. The van der Waals surface area contributed by atoms with E-state index < -0.39 is 34.9 Å². The fraction of sp³-hybridized carbons (Fsp3) is 0.933. The van der Waals surface area contributed by atoms with Gasteiger partial charge in [0.1, 0.15) is 11.6 Å². The SMILES string of the molecule is C.C.CCC(C)(CC(C)(C)C(=O)CC(C)(C)C(C)(C)C)C(=O)CC(CC(C)C)CC(C)(O)C(F)(F)F. The van der Waals surface area contributed by atoms with Crippen molar-refractivity contribution in [1.29, 1.82) is 0 Å². The first kappa shape index (κ1) is 39.6. The Hall–Kier alpha value is -0.910. The van der Waals surface area contributed by atoms with Crippen LogP contribution in [-0.4, -0.2) is 28.5 Å². The Morgan fingerprint density at radius 2 is 1.28 bits per heavy atom. The fourth-order valence-corrected chi connectivity index (χ4v) is 4.49. The van der Waals surface area contributed by atoms with E-state index in [9.17, 15) is 27.9 Å². The maximum absolute atomic E-state index is 13.5. The van der Waals surface area contributed by atoms with Crippen molar-refractivity contribution in [2.45, 2.75) is 148 Å². The molecule has 0 fully saturated rings. The Balaban J connectivity index is -0.00000544. The Morgan fingerprint density at radius 3 is 1.61 bits per heavy atom. The monoisotopic (exact) mass is 524 g/mol. The summed E-state index contributed by atoms with van der Waals surface area (Å²) in [5.74, 6) is -0.533. The molecule has 0 spiro atoms. The van der Waals surface area contributed by atoms with E-state index >= 15 is 0 Å². The molecule has 0 saturated carbocycles. The van der Waals surface area contributed by atoms with Gasteiger partial charge in [0.15, 0.2) is 5.60 Å². The van der Waals surface area contributed by atoms with Gasteiger partial charge in [-0.25, -0.2) is 0 Å². The minimum atomic E-state index is -4.76. The lowest BCUT2D eigenvalue weighted by atomic mass is 9.61. The lowest BCUT2D eigenvalue weighted by Gasteiger charge is -2.42. The van der Waals surface area contributed by atoms with Crippen molar-refractivity contribution in [1.82, 2.24) is 0 Å². The normalized spacial score (nSPS) is 17.4. The molecule has 0 bridgehead atoms. The van der Waals surface area contributed by atoms with Gasteiger partial charge in [-0.3, -0.25) is 9.59 Å². The Morgan fingerprint density at radius 1 is 0.833 bits per heavy atom. The minimum Gasteiger partial charge on any atom is -0.381 e. The summed E-state index contributed by atoms with van der Waals surface area (Å²) < 4.78 is 40.0. The van der Waals surface area contributed by atoms with Crippen molar-refractivity contribution >= 4 is 11.6 Å². The topological polar surface area (TPSA) is 54.4 Å². The number of alkyl halides is 3. The van der Waals surface area contributed by atoms with Gasteiger partial charge in [-0.2, -0.15) is 13.2 Å². The highest BCUT2D eigenvalue weighted by molar-refractivity contribution is 5.88. The molecule has 0 aromatic heterocycles. The molecule has 0 aromatic rings. The lowest BCUT2D eigenvalue weighted by molar-refractivity contribution is -0.259. The zero-order valence-corrected chi connectivity index (χ0v) is 23.8. The second-order valence-electron chi connectivity index (χ2n) is 13.8. The molecule has 0 radical (unpaired) electrons. The molecule has 0 rings (SSSR count).